The van der Waals surface area contributed by atoms with E-state index < -0.39 is 11.6 Å². The Hall–Kier alpha value is -2.67. The maximum Gasteiger partial charge on any atom is 0.343 e. The van der Waals surface area contributed by atoms with Gasteiger partial charge in [-0.05, 0) is 66.8 Å². The number of halogens is 1. The summed E-state index contributed by atoms with van der Waals surface area (Å²) in [5.41, 5.74) is 3.43. The van der Waals surface area contributed by atoms with Gasteiger partial charge in [0.2, 0.25) is 0 Å². The number of aliphatic hydroxyl groups is 1. The highest BCUT2D eigenvalue weighted by Crippen LogP contribution is 2.76. The number of benzene rings is 1. The first kappa shape index (κ1) is 19.8. The Balaban J connectivity index is 1.48. The van der Waals surface area contributed by atoms with Crippen LogP contribution in [-0.4, -0.2) is 15.6 Å². The van der Waals surface area contributed by atoms with Crippen LogP contribution in [0, 0.1) is 30.5 Å². The van der Waals surface area contributed by atoms with Gasteiger partial charge in [-0.3, -0.25) is 4.79 Å². The molecule has 0 bridgehead atoms. The lowest BCUT2D eigenvalue weighted by molar-refractivity contribution is -0.172. The van der Waals surface area contributed by atoms with Crippen molar-refractivity contribution in [3.05, 3.63) is 61.8 Å². The molecule has 1 saturated carbocycles. The zero-order valence-electron chi connectivity index (χ0n) is 19.0. The zero-order valence-corrected chi connectivity index (χ0v) is 19.0. The Kier molecular flexibility index (Phi) is 3.52. The summed E-state index contributed by atoms with van der Waals surface area (Å²) in [6.07, 6.45) is 2.02. The summed E-state index contributed by atoms with van der Waals surface area (Å²) < 4.78 is 21.9. The average molecular weight is 451 g/mol. The molecule has 0 saturated heterocycles. The van der Waals surface area contributed by atoms with Crippen molar-refractivity contribution in [2.45, 2.75) is 70.2 Å². The van der Waals surface area contributed by atoms with Crippen LogP contribution in [0.3, 0.4) is 0 Å². The van der Waals surface area contributed by atoms with Crippen LogP contribution >= 0.6 is 0 Å². The SMILES string of the molecule is CCC1(O)C(=O)OCc2c1cc1n(c2=O)CC2C3C1Nc1cc(F)c(C)c4c1C23[C@H](C)CC4. The van der Waals surface area contributed by atoms with Crippen molar-refractivity contribution in [1.29, 1.82) is 0 Å². The second-order valence-electron chi connectivity index (χ2n) is 10.7. The Bertz CT molecular complexity index is 1350. The fourth-order valence-electron chi connectivity index (χ4n) is 7.98. The molecule has 1 aromatic carbocycles. The third kappa shape index (κ3) is 2.01. The molecule has 7 rings (SSSR count). The second-order valence-corrected chi connectivity index (χ2v) is 10.7. The van der Waals surface area contributed by atoms with Crippen LogP contribution in [-0.2, 0) is 40.1 Å². The smallest absolute Gasteiger partial charge is 0.343 e. The predicted molar refractivity (Wildman–Crippen MR) is 118 cm³/mol. The van der Waals surface area contributed by atoms with Gasteiger partial charge in [-0.25, -0.2) is 9.18 Å². The number of aromatic nitrogens is 1. The molecule has 1 spiro atoms. The van der Waals surface area contributed by atoms with Gasteiger partial charge in [0.1, 0.15) is 12.4 Å². The van der Waals surface area contributed by atoms with E-state index in [9.17, 15) is 19.1 Å². The van der Waals surface area contributed by atoms with Crippen molar-refractivity contribution in [3.8, 4) is 0 Å². The lowest BCUT2D eigenvalue weighted by atomic mass is 9.67. The number of carbonyl (C=O) groups excluding carboxylic acids is 1. The largest absolute Gasteiger partial charge is 0.458 e. The Morgan fingerprint density at radius 3 is 2.85 bits per heavy atom. The first-order chi connectivity index (χ1) is 15.7. The minimum absolute atomic E-state index is 0.0658. The molecule has 0 amide bonds. The molecule has 1 fully saturated rings. The molecule has 0 radical (unpaired) electrons. The van der Waals surface area contributed by atoms with Gasteiger partial charge in [-0.2, -0.15) is 0 Å². The summed E-state index contributed by atoms with van der Waals surface area (Å²) in [6, 6.07) is 3.30. The highest BCUT2D eigenvalue weighted by atomic mass is 19.1. The van der Waals surface area contributed by atoms with Crippen molar-refractivity contribution >= 4 is 11.7 Å². The Labute approximate surface area is 190 Å². The normalized spacial score (nSPS) is 36.6. The minimum Gasteiger partial charge on any atom is -0.458 e. The highest BCUT2D eigenvalue weighted by Gasteiger charge is 2.75. The van der Waals surface area contributed by atoms with E-state index >= 15 is 0 Å². The summed E-state index contributed by atoms with van der Waals surface area (Å²) in [5, 5.41) is 14.7. The van der Waals surface area contributed by atoms with Gasteiger partial charge in [-0.1, -0.05) is 13.8 Å². The van der Waals surface area contributed by atoms with E-state index in [-0.39, 0.29) is 35.9 Å². The third-order valence-electron chi connectivity index (χ3n) is 9.66. The first-order valence-corrected chi connectivity index (χ1v) is 12.0. The van der Waals surface area contributed by atoms with Crippen molar-refractivity contribution in [3.63, 3.8) is 0 Å². The van der Waals surface area contributed by atoms with Crippen LogP contribution in [0.25, 0.3) is 0 Å². The van der Waals surface area contributed by atoms with Gasteiger partial charge in [0.15, 0.2) is 5.60 Å². The topological polar surface area (TPSA) is 80.6 Å². The number of anilines is 1. The van der Waals surface area contributed by atoms with E-state index in [1.165, 1.54) is 5.56 Å². The van der Waals surface area contributed by atoms with E-state index in [1.807, 2.05) is 17.6 Å². The number of cyclic esters (lactones) is 1. The molecule has 2 aliphatic carbocycles. The van der Waals surface area contributed by atoms with Gasteiger partial charge in [0, 0.05) is 34.8 Å². The van der Waals surface area contributed by atoms with Crippen LogP contribution in [0.5, 0.6) is 0 Å². The van der Waals surface area contributed by atoms with Gasteiger partial charge >= 0.3 is 5.97 Å². The number of esters is 1. The molecule has 2 aromatic rings. The molecule has 172 valence electrons. The van der Waals surface area contributed by atoms with Crippen molar-refractivity contribution in [2.75, 3.05) is 5.32 Å². The molecule has 7 heteroatoms. The first-order valence-electron chi connectivity index (χ1n) is 12.0. The molecule has 33 heavy (non-hydrogen) atoms. The van der Waals surface area contributed by atoms with Crippen molar-refractivity contribution in [2.24, 2.45) is 17.8 Å². The van der Waals surface area contributed by atoms with Gasteiger partial charge in [-0.15, -0.1) is 0 Å². The lowest BCUT2D eigenvalue weighted by Gasteiger charge is -2.41. The quantitative estimate of drug-likeness (QED) is 0.653. The number of rotatable bonds is 1. The number of fused-ring (bicyclic) bond motifs is 3. The zero-order chi connectivity index (χ0) is 23.0. The van der Waals surface area contributed by atoms with Crippen LogP contribution in [0.4, 0.5) is 10.1 Å². The van der Waals surface area contributed by atoms with Crippen LogP contribution in [0.1, 0.15) is 66.2 Å². The molecule has 5 aliphatic rings. The van der Waals surface area contributed by atoms with Gasteiger partial charge in [0.25, 0.3) is 5.56 Å². The van der Waals surface area contributed by atoms with E-state index in [1.54, 1.807) is 13.0 Å². The molecule has 4 heterocycles. The monoisotopic (exact) mass is 450 g/mol. The standard InChI is InChI=1S/C26H27FN2O4/c1-4-25(32)15-7-19-22-21-16(9-29(19)23(30)14(15)10-33-24(25)31)26(21)11(2)5-6-13-12(3)17(27)8-18(28-22)20(13)26/h7-8,11,16,21-22,28,32H,4-6,9-10H2,1-3H3/t11-,16?,21?,22?,25?,26?/m1/s1. The molecule has 2 N–H and O–H groups in total. The van der Waals surface area contributed by atoms with E-state index in [4.69, 9.17) is 4.74 Å². The molecule has 5 unspecified atom stereocenters. The number of carbonyl (C=O) groups is 1. The minimum atomic E-state index is -1.82. The second kappa shape index (κ2) is 5.87. The lowest BCUT2D eigenvalue weighted by Crippen LogP contribution is -2.46. The van der Waals surface area contributed by atoms with E-state index in [0.717, 1.165) is 35.3 Å². The average Bonchev–Trinajstić information content (AvgIpc) is 3.47. The number of hydrogen-bond acceptors (Lipinski definition) is 5. The van der Waals surface area contributed by atoms with Crippen LogP contribution in [0.15, 0.2) is 16.9 Å². The van der Waals surface area contributed by atoms with Crippen molar-refractivity contribution in [1.82, 2.24) is 4.57 Å². The number of pyridine rings is 1. The third-order valence-corrected chi connectivity index (χ3v) is 9.66. The predicted octanol–water partition coefficient (Wildman–Crippen LogP) is 3.20. The summed E-state index contributed by atoms with van der Waals surface area (Å²) >= 11 is 0. The molecule has 6 nitrogen and oxygen atoms in total. The summed E-state index contributed by atoms with van der Waals surface area (Å²) in [7, 11) is 0. The van der Waals surface area contributed by atoms with E-state index in [2.05, 4.69) is 12.2 Å². The molecule has 6 atom stereocenters. The molecular weight excluding hydrogens is 423 g/mol. The van der Waals surface area contributed by atoms with Gasteiger partial charge < -0.3 is 19.7 Å². The molecular formula is C26H27FN2O4. The highest BCUT2D eigenvalue weighted by molar-refractivity contribution is 5.83. The fraction of sp³-hybridized carbons (Fsp3) is 0.538. The number of hydrogen-bond donors (Lipinski definition) is 2. The molecule has 1 aromatic heterocycles. The maximum absolute atomic E-state index is 14.9. The molecule has 3 aliphatic heterocycles. The number of nitrogens with one attached hydrogen (secondary N) is 1. The maximum atomic E-state index is 14.9. The number of ether oxygens (including phenoxy) is 1. The summed E-state index contributed by atoms with van der Waals surface area (Å²) in [5.74, 6) is 0.149. The summed E-state index contributed by atoms with van der Waals surface area (Å²) in [6.45, 7) is 6.38. The Morgan fingerprint density at radius 2 is 2.09 bits per heavy atom. The Morgan fingerprint density at radius 1 is 1.30 bits per heavy atom. The summed E-state index contributed by atoms with van der Waals surface area (Å²) in [4.78, 5) is 26.1. The number of nitrogens with zero attached hydrogens (tertiary/aromatic N) is 1. The van der Waals surface area contributed by atoms with Crippen molar-refractivity contribution < 1.29 is 19.0 Å². The van der Waals surface area contributed by atoms with Gasteiger partial charge in [0.05, 0.1) is 11.6 Å². The fourth-order valence-corrected chi connectivity index (χ4v) is 7.98. The van der Waals surface area contributed by atoms with E-state index in [0.29, 0.717) is 35.4 Å². The van der Waals surface area contributed by atoms with Crippen LogP contribution < -0.4 is 10.9 Å². The van der Waals surface area contributed by atoms with Crippen LogP contribution in [0.2, 0.25) is 0 Å².